The molecule has 1 saturated heterocycles. The van der Waals surface area contributed by atoms with Crippen molar-refractivity contribution < 1.29 is 63.0 Å². The lowest BCUT2D eigenvalue weighted by molar-refractivity contribution is -0.140. The van der Waals surface area contributed by atoms with Crippen LogP contribution in [0.15, 0.2) is 0 Å². The summed E-state index contributed by atoms with van der Waals surface area (Å²) < 4.78 is 0. The molecule has 0 unspecified atom stereocenters. The number of carbonyl (C=O) groups excluding carboxylic acids is 10. The molecule has 0 aliphatic carbocycles. The Bertz CT molecular complexity index is 1490. The number of carbonyl (C=O) groups is 11. The Morgan fingerprint density at radius 3 is 1.76 bits per heavy atom. The van der Waals surface area contributed by atoms with Gasteiger partial charge in [-0.15, -0.1) is 0 Å². The fraction of sp³-hybridized carbons (Fsp3) is 0.621. The maximum atomic E-state index is 13.2. The van der Waals surface area contributed by atoms with Gasteiger partial charge in [0.15, 0.2) is 0 Å². The average Bonchev–Trinajstić information content (AvgIpc) is 3.62. The number of nitrogens with two attached hydrogens (primary N) is 3. The Morgan fingerprint density at radius 1 is 0.709 bits per heavy atom. The molecule has 1 aliphatic rings. The SMILES string of the molecule is C[C@H](NC(=O)[C@H](CO)NC(=O)[C@@H]1CCCN1C(=O)[C@@H](N)CS)C(=O)N[C@@H](CC(N)=O)C(=O)N[C@@H](CC(N)=O)C(=O)NCC(=O)N[C@@H](CS)C(=O)NCC(=O)O. The first-order valence-electron chi connectivity index (χ1n) is 16.5. The number of aliphatic hydroxyl groups excluding tert-OH is 1. The van der Waals surface area contributed by atoms with E-state index in [0.717, 1.165) is 6.92 Å². The maximum absolute atomic E-state index is 13.2. The third-order valence-corrected chi connectivity index (χ3v) is 8.43. The van der Waals surface area contributed by atoms with E-state index in [9.17, 15) is 57.8 Å². The van der Waals surface area contributed by atoms with Gasteiger partial charge in [-0.25, -0.2) is 0 Å². The number of likely N-dealkylation sites (tertiary alicyclic amines) is 1. The number of aliphatic carboxylic acids is 1. The molecule has 1 aliphatic heterocycles. The number of rotatable bonds is 23. The summed E-state index contributed by atoms with van der Waals surface area (Å²) in [6.07, 6.45) is -0.949. The summed E-state index contributed by atoms with van der Waals surface area (Å²) in [4.78, 5) is 137. The van der Waals surface area contributed by atoms with Gasteiger partial charge >= 0.3 is 5.97 Å². The van der Waals surface area contributed by atoms with Gasteiger partial charge in [-0.1, -0.05) is 0 Å². The molecule has 1 rings (SSSR count). The third kappa shape index (κ3) is 16.4. The minimum atomic E-state index is -1.79. The topological polar surface area (TPSA) is 394 Å². The third-order valence-electron chi connectivity index (χ3n) is 7.67. The lowest BCUT2D eigenvalue weighted by atomic mass is 10.1. The number of thiol groups is 2. The molecule has 55 heavy (non-hydrogen) atoms. The van der Waals surface area contributed by atoms with Crippen LogP contribution < -0.4 is 54.4 Å². The summed E-state index contributed by atoms with van der Waals surface area (Å²) in [6, 6.07) is -9.87. The number of amides is 10. The minimum Gasteiger partial charge on any atom is -0.480 e. The Morgan fingerprint density at radius 2 is 1.24 bits per heavy atom. The molecular weight excluding hydrogens is 775 g/mol. The van der Waals surface area contributed by atoms with Crippen LogP contribution in [0, 0.1) is 0 Å². The van der Waals surface area contributed by atoms with Crippen LogP contribution in [0.2, 0.25) is 0 Å². The summed E-state index contributed by atoms with van der Waals surface area (Å²) in [6.45, 7) is -1.08. The molecule has 0 aromatic carbocycles. The Balaban J connectivity index is 2.92. The maximum Gasteiger partial charge on any atom is 0.322 e. The van der Waals surface area contributed by atoms with Crippen LogP contribution in [0.25, 0.3) is 0 Å². The lowest BCUT2D eigenvalue weighted by Crippen LogP contribution is -2.60. The lowest BCUT2D eigenvalue weighted by Gasteiger charge is -2.28. The zero-order chi connectivity index (χ0) is 42.0. The molecule has 26 heteroatoms. The van der Waals surface area contributed by atoms with Crippen LogP contribution in [0.5, 0.6) is 0 Å². The number of nitrogens with one attached hydrogen (secondary N) is 7. The van der Waals surface area contributed by atoms with Crippen LogP contribution >= 0.6 is 25.3 Å². The van der Waals surface area contributed by atoms with E-state index in [1.807, 2.05) is 5.32 Å². The van der Waals surface area contributed by atoms with Crippen LogP contribution in [0.1, 0.15) is 32.6 Å². The van der Waals surface area contributed by atoms with Gasteiger partial charge in [-0.05, 0) is 19.8 Å². The number of aliphatic hydroxyl groups is 1. The van der Waals surface area contributed by atoms with Gasteiger partial charge in [0.1, 0.15) is 42.8 Å². The fourth-order valence-corrected chi connectivity index (χ4v) is 5.25. The van der Waals surface area contributed by atoms with Crippen LogP contribution in [0.4, 0.5) is 0 Å². The Kier molecular flexibility index (Phi) is 20.5. The molecule has 0 bridgehead atoms. The first-order chi connectivity index (χ1) is 25.7. The van der Waals surface area contributed by atoms with E-state index in [2.05, 4.69) is 57.2 Å². The van der Waals surface area contributed by atoms with Crippen molar-refractivity contribution in [3.05, 3.63) is 0 Å². The standard InChI is InChI=1S/C29H47N11O13S2/c1-12(35-27(51)16(9-41)39-28(52)18-3-2-4-40(18)29(53)13(30)10-54)23(47)37-15(6-20(32)43)26(50)38-14(5-19(31)42)24(48)33-7-21(44)36-17(11-55)25(49)34-8-22(45)46/h12-18,41,54-55H,2-11,30H2,1H3,(H2,31,42)(H2,32,43)(H,33,48)(H,34,49)(H,35,51)(H,36,44)(H,37,47)(H,38,50)(H,39,52)(H,45,46)/t12-,13-,14-,15-,16-,17-,18-/m0/s1. The molecule has 10 amide bonds. The predicted molar refractivity (Wildman–Crippen MR) is 194 cm³/mol. The summed E-state index contributed by atoms with van der Waals surface area (Å²) in [7, 11) is 0. The Labute approximate surface area is 324 Å². The average molecular weight is 822 g/mol. The van der Waals surface area contributed by atoms with Crippen LogP contribution in [-0.2, 0) is 52.7 Å². The van der Waals surface area contributed by atoms with Crippen molar-refractivity contribution in [3.8, 4) is 0 Å². The van der Waals surface area contributed by atoms with Crippen LogP contribution in [0.3, 0.4) is 0 Å². The van der Waals surface area contributed by atoms with Crippen LogP contribution in [-0.4, -0.2) is 160 Å². The molecule has 0 radical (unpaired) electrons. The summed E-state index contributed by atoms with van der Waals surface area (Å²) in [5, 5.41) is 33.7. The van der Waals surface area contributed by atoms with Gasteiger partial charge in [0.2, 0.25) is 59.1 Å². The smallest absolute Gasteiger partial charge is 0.322 e. The molecule has 0 aromatic rings. The monoisotopic (exact) mass is 821 g/mol. The summed E-state index contributed by atoms with van der Waals surface area (Å²) in [5.41, 5.74) is 16.2. The van der Waals surface area contributed by atoms with E-state index >= 15 is 0 Å². The second-order valence-corrected chi connectivity index (χ2v) is 12.8. The van der Waals surface area contributed by atoms with Crippen molar-refractivity contribution in [3.63, 3.8) is 0 Å². The highest BCUT2D eigenvalue weighted by atomic mass is 32.1. The molecular formula is C29H47N11O13S2. The molecule has 7 atom stereocenters. The number of nitrogens with zero attached hydrogens (tertiary/aromatic N) is 1. The normalized spacial score (nSPS) is 16.7. The molecule has 24 nitrogen and oxygen atoms in total. The second kappa shape index (κ2) is 23.5. The van der Waals surface area contributed by atoms with E-state index < -0.39 is 140 Å². The highest BCUT2D eigenvalue weighted by molar-refractivity contribution is 7.80. The molecule has 1 fully saturated rings. The van der Waals surface area contributed by atoms with Gasteiger partial charge in [0, 0.05) is 18.1 Å². The van der Waals surface area contributed by atoms with E-state index in [-0.39, 0.29) is 24.5 Å². The zero-order valence-corrected chi connectivity index (χ0v) is 31.4. The molecule has 1 heterocycles. The van der Waals surface area contributed by atoms with E-state index in [0.29, 0.717) is 6.42 Å². The predicted octanol–water partition coefficient (Wildman–Crippen LogP) is -8.33. The summed E-state index contributed by atoms with van der Waals surface area (Å²) >= 11 is 7.90. The van der Waals surface area contributed by atoms with Gasteiger partial charge in [0.25, 0.3) is 0 Å². The van der Waals surface area contributed by atoms with Gasteiger partial charge in [-0.2, -0.15) is 25.3 Å². The number of carboxylic acid groups (broad SMARTS) is 1. The summed E-state index contributed by atoms with van der Waals surface area (Å²) in [5.74, 6) is -11.4. The molecule has 0 saturated carbocycles. The number of hydrogen-bond donors (Lipinski definition) is 14. The van der Waals surface area contributed by atoms with Crippen molar-refractivity contribution in [2.75, 3.05) is 37.7 Å². The van der Waals surface area contributed by atoms with E-state index in [1.165, 1.54) is 4.90 Å². The van der Waals surface area contributed by atoms with Crippen molar-refractivity contribution in [1.82, 2.24) is 42.1 Å². The zero-order valence-electron chi connectivity index (χ0n) is 29.6. The highest BCUT2D eigenvalue weighted by Crippen LogP contribution is 2.18. The largest absolute Gasteiger partial charge is 0.480 e. The number of hydrogen-bond acceptors (Lipinski definition) is 15. The number of primary amides is 2. The van der Waals surface area contributed by atoms with Gasteiger partial charge in [-0.3, -0.25) is 52.7 Å². The van der Waals surface area contributed by atoms with Crippen molar-refractivity contribution in [2.45, 2.75) is 74.9 Å². The molecule has 0 spiro atoms. The first-order valence-corrected chi connectivity index (χ1v) is 17.8. The molecule has 15 N–H and O–H groups in total. The van der Waals surface area contributed by atoms with Gasteiger partial charge in [0.05, 0.1) is 32.0 Å². The minimum absolute atomic E-state index is 0.0261. The molecule has 0 aromatic heterocycles. The first kappa shape index (κ1) is 47.8. The number of carboxylic acids is 1. The molecule has 308 valence electrons. The van der Waals surface area contributed by atoms with E-state index in [4.69, 9.17) is 22.3 Å². The second-order valence-electron chi connectivity index (χ2n) is 12.0. The fourth-order valence-electron chi connectivity index (χ4n) is 4.84. The van der Waals surface area contributed by atoms with Crippen molar-refractivity contribution >= 4 is 90.3 Å². The van der Waals surface area contributed by atoms with Crippen molar-refractivity contribution in [2.24, 2.45) is 17.2 Å². The quantitative estimate of drug-likeness (QED) is 0.0426. The Hall–Kier alpha value is -5.21. The van der Waals surface area contributed by atoms with Gasteiger partial charge < -0.3 is 69.5 Å². The highest BCUT2D eigenvalue weighted by Gasteiger charge is 2.38. The van der Waals surface area contributed by atoms with E-state index in [1.54, 1.807) is 0 Å². The van der Waals surface area contributed by atoms with Crippen molar-refractivity contribution in [1.29, 1.82) is 0 Å².